The Hall–Kier alpha value is -3.19. The third kappa shape index (κ3) is 2.73. The van der Waals surface area contributed by atoms with E-state index in [1.165, 1.54) is 27.0 Å². The number of fused-ring (bicyclic) bond motifs is 5. The monoisotopic (exact) mass is 401 g/mol. The van der Waals surface area contributed by atoms with Crippen LogP contribution < -0.4 is 0 Å². The summed E-state index contributed by atoms with van der Waals surface area (Å²) in [4.78, 5) is 19.9. The van der Waals surface area contributed by atoms with Gasteiger partial charge in [0.1, 0.15) is 23.2 Å². The second kappa shape index (κ2) is 6.67. The highest BCUT2D eigenvalue weighted by Crippen LogP contribution is 2.43. The molecule has 0 atom stereocenters. The van der Waals surface area contributed by atoms with Crippen LogP contribution in [0.3, 0.4) is 0 Å². The molecule has 2 aromatic heterocycles. The van der Waals surface area contributed by atoms with E-state index < -0.39 is 0 Å². The maximum absolute atomic E-state index is 12.9. The second-order valence-corrected chi connectivity index (χ2v) is 8.22. The van der Waals surface area contributed by atoms with Crippen LogP contribution in [0.5, 0.6) is 0 Å². The van der Waals surface area contributed by atoms with Crippen molar-refractivity contribution in [1.29, 1.82) is 0 Å². The summed E-state index contributed by atoms with van der Waals surface area (Å²) < 4.78 is 6.35. The number of amides is 1. The summed E-state index contributed by atoms with van der Waals surface area (Å²) >= 11 is 0. The number of hydrogen-bond acceptors (Lipinski definition) is 4. The quantitative estimate of drug-likeness (QED) is 0.560. The maximum atomic E-state index is 12.9. The average Bonchev–Trinajstić information content (AvgIpc) is 3.36. The lowest BCUT2D eigenvalue weighted by molar-refractivity contribution is -0.142. The van der Waals surface area contributed by atoms with Crippen LogP contribution in [-0.4, -0.2) is 50.5 Å². The SMILES string of the molecule is O=C(Cn1nc2ccccc2n1)N1CCC2(CC1)OCCc1c2[nH]c2ccccc12. The van der Waals surface area contributed by atoms with E-state index >= 15 is 0 Å². The minimum absolute atomic E-state index is 0.0536. The van der Waals surface area contributed by atoms with E-state index in [2.05, 4.69) is 39.4 Å². The van der Waals surface area contributed by atoms with Gasteiger partial charge in [0.05, 0.1) is 12.3 Å². The molecule has 0 aliphatic carbocycles. The molecule has 1 N–H and O–H groups in total. The average molecular weight is 401 g/mol. The van der Waals surface area contributed by atoms with Crippen molar-refractivity contribution in [3.05, 3.63) is 59.8 Å². The fraction of sp³-hybridized carbons (Fsp3) is 0.348. The Kier molecular flexibility index (Phi) is 3.92. The Morgan fingerprint density at radius 1 is 1.03 bits per heavy atom. The second-order valence-electron chi connectivity index (χ2n) is 8.22. The molecule has 2 aliphatic heterocycles. The summed E-state index contributed by atoms with van der Waals surface area (Å²) in [6, 6.07) is 16.1. The molecular weight excluding hydrogens is 378 g/mol. The van der Waals surface area contributed by atoms with E-state index in [9.17, 15) is 4.79 Å². The standard InChI is InChI=1S/C23H23N5O2/c29-21(15-28-25-19-7-3-4-8-20(19)26-28)27-12-10-23(11-13-27)22-17(9-14-30-23)16-5-1-2-6-18(16)24-22/h1-8,24H,9-15H2. The first kappa shape index (κ1) is 17.7. The zero-order valence-corrected chi connectivity index (χ0v) is 16.7. The van der Waals surface area contributed by atoms with Crippen LogP contribution in [0.4, 0.5) is 0 Å². The molecule has 1 amide bonds. The number of nitrogens with one attached hydrogen (secondary N) is 1. The zero-order valence-electron chi connectivity index (χ0n) is 16.7. The van der Waals surface area contributed by atoms with E-state index in [1.54, 1.807) is 0 Å². The molecule has 2 aromatic carbocycles. The number of para-hydroxylation sites is 1. The fourth-order valence-electron chi connectivity index (χ4n) is 4.98. The van der Waals surface area contributed by atoms with Crippen molar-refractivity contribution in [1.82, 2.24) is 24.9 Å². The first-order valence-corrected chi connectivity index (χ1v) is 10.5. The highest BCUT2D eigenvalue weighted by Gasteiger charge is 2.43. The van der Waals surface area contributed by atoms with Crippen LogP contribution in [0.2, 0.25) is 0 Å². The van der Waals surface area contributed by atoms with Gasteiger partial charge in [0, 0.05) is 24.0 Å². The fourth-order valence-corrected chi connectivity index (χ4v) is 4.98. The highest BCUT2D eigenvalue weighted by molar-refractivity contribution is 5.85. The van der Waals surface area contributed by atoms with Gasteiger partial charge in [0.25, 0.3) is 0 Å². The van der Waals surface area contributed by atoms with Gasteiger partial charge >= 0.3 is 0 Å². The lowest BCUT2D eigenvalue weighted by Crippen LogP contribution is -2.49. The number of rotatable bonds is 2. The molecule has 7 nitrogen and oxygen atoms in total. The molecule has 7 heteroatoms. The van der Waals surface area contributed by atoms with Gasteiger partial charge in [-0.25, -0.2) is 0 Å². The minimum atomic E-state index is -0.317. The molecule has 152 valence electrons. The molecular formula is C23H23N5O2. The number of hydrogen-bond donors (Lipinski definition) is 1. The molecule has 0 bridgehead atoms. The molecule has 4 aromatic rings. The van der Waals surface area contributed by atoms with E-state index in [0.717, 1.165) is 36.9 Å². The Bertz CT molecular complexity index is 1220. The molecule has 1 saturated heterocycles. The van der Waals surface area contributed by atoms with Crippen LogP contribution in [0.1, 0.15) is 24.1 Å². The molecule has 0 radical (unpaired) electrons. The number of ether oxygens (including phenoxy) is 1. The predicted octanol–water partition coefficient (Wildman–Crippen LogP) is 3.00. The number of carbonyl (C=O) groups excluding carboxylic acids is 1. The number of likely N-dealkylation sites (tertiary alicyclic amines) is 1. The molecule has 6 rings (SSSR count). The summed E-state index contributed by atoms with van der Waals surface area (Å²) in [7, 11) is 0. The van der Waals surface area contributed by atoms with Crippen molar-refractivity contribution in [3.8, 4) is 0 Å². The highest BCUT2D eigenvalue weighted by atomic mass is 16.5. The van der Waals surface area contributed by atoms with Crippen molar-refractivity contribution in [2.45, 2.75) is 31.4 Å². The number of nitrogens with zero attached hydrogens (tertiary/aromatic N) is 4. The van der Waals surface area contributed by atoms with Gasteiger partial charge in [-0.15, -0.1) is 0 Å². The van der Waals surface area contributed by atoms with Crippen LogP contribution >= 0.6 is 0 Å². The number of piperidine rings is 1. The molecule has 0 unspecified atom stereocenters. The summed E-state index contributed by atoms with van der Waals surface area (Å²) in [5.74, 6) is 0.0536. The largest absolute Gasteiger partial charge is 0.368 e. The van der Waals surface area contributed by atoms with E-state index in [-0.39, 0.29) is 18.1 Å². The molecule has 2 aliphatic rings. The van der Waals surface area contributed by atoms with Crippen molar-refractivity contribution < 1.29 is 9.53 Å². The Balaban J connectivity index is 1.20. The smallest absolute Gasteiger partial charge is 0.246 e. The van der Waals surface area contributed by atoms with Gasteiger partial charge in [0.2, 0.25) is 5.91 Å². The first-order valence-electron chi connectivity index (χ1n) is 10.5. The Morgan fingerprint density at radius 3 is 2.50 bits per heavy atom. The number of aromatic nitrogens is 4. The van der Waals surface area contributed by atoms with Gasteiger partial charge in [0.15, 0.2) is 0 Å². The number of aromatic amines is 1. The van der Waals surface area contributed by atoms with Gasteiger partial charge < -0.3 is 14.6 Å². The molecule has 4 heterocycles. The maximum Gasteiger partial charge on any atom is 0.246 e. The Morgan fingerprint density at radius 2 is 1.73 bits per heavy atom. The summed E-state index contributed by atoms with van der Waals surface area (Å²) in [6.45, 7) is 2.25. The van der Waals surface area contributed by atoms with Crippen LogP contribution in [-0.2, 0) is 28.1 Å². The normalized spacial score (nSPS) is 18.2. The molecule has 30 heavy (non-hydrogen) atoms. The van der Waals surface area contributed by atoms with Crippen molar-refractivity contribution in [2.24, 2.45) is 0 Å². The first-order chi connectivity index (χ1) is 14.7. The van der Waals surface area contributed by atoms with Crippen LogP contribution in [0, 0.1) is 0 Å². The minimum Gasteiger partial charge on any atom is -0.368 e. The summed E-state index contributed by atoms with van der Waals surface area (Å²) in [6.07, 6.45) is 2.53. The van der Waals surface area contributed by atoms with Gasteiger partial charge in [-0.1, -0.05) is 30.3 Å². The lowest BCUT2D eigenvalue weighted by Gasteiger charge is -2.43. The van der Waals surface area contributed by atoms with Crippen molar-refractivity contribution in [2.75, 3.05) is 19.7 Å². The third-order valence-corrected chi connectivity index (χ3v) is 6.53. The topological polar surface area (TPSA) is 76.0 Å². The number of benzene rings is 2. The van der Waals surface area contributed by atoms with Gasteiger partial charge in [-0.3, -0.25) is 4.79 Å². The summed E-state index contributed by atoms with van der Waals surface area (Å²) in [5, 5.41) is 10.1. The predicted molar refractivity (Wildman–Crippen MR) is 113 cm³/mol. The van der Waals surface area contributed by atoms with E-state index in [1.807, 2.05) is 29.2 Å². The van der Waals surface area contributed by atoms with Crippen LogP contribution in [0.25, 0.3) is 21.9 Å². The molecule has 0 saturated carbocycles. The zero-order chi connectivity index (χ0) is 20.1. The summed E-state index contributed by atoms with van der Waals surface area (Å²) in [5.41, 5.74) is 5.06. The van der Waals surface area contributed by atoms with E-state index in [4.69, 9.17) is 4.74 Å². The third-order valence-electron chi connectivity index (χ3n) is 6.53. The van der Waals surface area contributed by atoms with Gasteiger partial charge in [-0.2, -0.15) is 15.0 Å². The number of H-pyrrole nitrogens is 1. The Labute approximate surface area is 173 Å². The van der Waals surface area contributed by atoms with Crippen molar-refractivity contribution in [3.63, 3.8) is 0 Å². The number of carbonyl (C=O) groups is 1. The lowest BCUT2D eigenvalue weighted by atomic mass is 9.83. The molecule has 1 spiro atoms. The van der Waals surface area contributed by atoms with Crippen molar-refractivity contribution >= 4 is 27.8 Å². The van der Waals surface area contributed by atoms with Crippen LogP contribution in [0.15, 0.2) is 48.5 Å². The van der Waals surface area contributed by atoms with Gasteiger partial charge in [-0.05, 0) is 43.0 Å². The van der Waals surface area contributed by atoms with E-state index in [0.29, 0.717) is 13.1 Å². The molecule has 1 fully saturated rings.